The predicted molar refractivity (Wildman–Crippen MR) is 67.0 cm³/mol. The average molecular weight is 239 g/mol. The second kappa shape index (κ2) is 4.87. The summed E-state index contributed by atoms with van der Waals surface area (Å²) in [6.07, 6.45) is 7.80. The van der Waals surface area contributed by atoms with E-state index in [-0.39, 0.29) is 5.60 Å². The topological polar surface area (TPSA) is 30.5 Å². The first-order valence-electron chi connectivity index (χ1n) is 7.20. The van der Waals surface area contributed by atoms with Gasteiger partial charge in [0, 0.05) is 25.7 Å². The fraction of sp³-hybridized carbons (Fsp3) is 1.00. The first kappa shape index (κ1) is 11.9. The molecule has 0 bridgehead atoms. The highest BCUT2D eigenvalue weighted by molar-refractivity contribution is 4.94. The maximum Gasteiger partial charge on any atom is 0.0939 e. The molecule has 3 unspecified atom stereocenters. The Morgan fingerprint density at radius 2 is 2.18 bits per heavy atom. The molecule has 3 atom stereocenters. The monoisotopic (exact) mass is 239 g/mol. The van der Waals surface area contributed by atoms with E-state index in [1.807, 2.05) is 0 Å². The Morgan fingerprint density at radius 1 is 1.29 bits per heavy atom. The molecule has 0 radical (unpaired) electrons. The molecule has 17 heavy (non-hydrogen) atoms. The predicted octanol–water partition coefficient (Wildman–Crippen LogP) is 1.96. The van der Waals surface area contributed by atoms with Crippen molar-refractivity contribution in [1.82, 2.24) is 5.32 Å². The molecule has 3 rings (SSSR count). The van der Waals surface area contributed by atoms with Gasteiger partial charge in [-0.05, 0) is 38.1 Å². The van der Waals surface area contributed by atoms with Gasteiger partial charge in [0.1, 0.15) is 0 Å². The van der Waals surface area contributed by atoms with Gasteiger partial charge in [-0.2, -0.15) is 0 Å². The van der Waals surface area contributed by atoms with Crippen LogP contribution in [0, 0.1) is 11.8 Å². The Hall–Kier alpha value is -0.120. The van der Waals surface area contributed by atoms with Crippen molar-refractivity contribution in [3.05, 3.63) is 0 Å². The summed E-state index contributed by atoms with van der Waals surface area (Å²) in [6, 6.07) is 0.698. The van der Waals surface area contributed by atoms with Crippen molar-refractivity contribution in [2.24, 2.45) is 11.8 Å². The van der Waals surface area contributed by atoms with Gasteiger partial charge in [0.2, 0.25) is 0 Å². The molecule has 1 aliphatic carbocycles. The van der Waals surface area contributed by atoms with Crippen LogP contribution in [-0.2, 0) is 9.47 Å². The number of ether oxygens (including phenoxy) is 2. The maximum atomic E-state index is 6.02. The van der Waals surface area contributed by atoms with Crippen LogP contribution >= 0.6 is 0 Å². The van der Waals surface area contributed by atoms with E-state index >= 15 is 0 Å². The Morgan fingerprint density at radius 3 is 2.82 bits per heavy atom. The summed E-state index contributed by atoms with van der Waals surface area (Å²) in [5.41, 5.74) is 0.0710. The maximum absolute atomic E-state index is 6.02. The van der Waals surface area contributed by atoms with E-state index in [2.05, 4.69) is 12.4 Å². The van der Waals surface area contributed by atoms with Gasteiger partial charge in [-0.3, -0.25) is 0 Å². The standard InChI is InChI=1S/C14H25NO2/c1-15-13(8-11-2-3-11)12-4-6-17-14(9-12)5-7-16-10-14/h11-13,15H,2-10H2,1H3. The van der Waals surface area contributed by atoms with Crippen molar-refractivity contribution in [3.8, 4) is 0 Å². The van der Waals surface area contributed by atoms with Crippen LogP contribution < -0.4 is 5.32 Å². The second-order valence-electron chi connectivity index (χ2n) is 6.16. The number of hydrogen-bond acceptors (Lipinski definition) is 3. The lowest BCUT2D eigenvalue weighted by molar-refractivity contribution is -0.103. The minimum absolute atomic E-state index is 0.0710. The molecular weight excluding hydrogens is 214 g/mol. The van der Waals surface area contributed by atoms with Crippen LogP contribution in [0.3, 0.4) is 0 Å². The van der Waals surface area contributed by atoms with Crippen LogP contribution in [-0.4, -0.2) is 38.5 Å². The minimum atomic E-state index is 0.0710. The molecule has 0 aromatic heterocycles. The summed E-state index contributed by atoms with van der Waals surface area (Å²) in [4.78, 5) is 0. The zero-order valence-corrected chi connectivity index (χ0v) is 10.9. The van der Waals surface area contributed by atoms with Crippen LogP contribution in [0.5, 0.6) is 0 Å². The summed E-state index contributed by atoms with van der Waals surface area (Å²) >= 11 is 0. The number of hydrogen-bond donors (Lipinski definition) is 1. The Kier molecular flexibility index (Phi) is 3.42. The molecule has 3 heteroatoms. The van der Waals surface area contributed by atoms with Crippen molar-refractivity contribution in [1.29, 1.82) is 0 Å². The normalized spacial score (nSPS) is 39.7. The summed E-state index contributed by atoms with van der Waals surface area (Å²) in [5, 5.41) is 3.55. The van der Waals surface area contributed by atoms with Gasteiger partial charge in [0.05, 0.1) is 12.2 Å². The van der Waals surface area contributed by atoms with Gasteiger partial charge >= 0.3 is 0 Å². The highest BCUT2D eigenvalue weighted by atomic mass is 16.6. The van der Waals surface area contributed by atoms with Gasteiger partial charge in [-0.25, -0.2) is 0 Å². The van der Waals surface area contributed by atoms with E-state index < -0.39 is 0 Å². The third-order valence-corrected chi connectivity index (χ3v) is 4.82. The van der Waals surface area contributed by atoms with E-state index in [0.29, 0.717) is 6.04 Å². The van der Waals surface area contributed by atoms with E-state index in [0.717, 1.165) is 38.1 Å². The van der Waals surface area contributed by atoms with Crippen molar-refractivity contribution in [3.63, 3.8) is 0 Å². The number of rotatable bonds is 4. The van der Waals surface area contributed by atoms with Gasteiger partial charge < -0.3 is 14.8 Å². The first-order valence-corrected chi connectivity index (χ1v) is 7.20. The zero-order valence-electron chi connectivity index (χ0n) is 10.9. The zero-order chi connectivity index (χ0) is 11.7. The summed E-state index contributed by atoms with van der Waals surface area (Å²) in [7, 11) is 2.13. The fourth-order valence-electron chi connectivity index (χ4n) is 3.53. The smallest absolute Gasteiger partial charge is 0.0939 e. The van der Waals surface area contributed by atoms with Gasteiger partial charge in [0.25, 0.3) is 0 Å². The van der Waals surface area contributed by atoms with Crippen molar-refractivity contribution in [2.75, 3.05) is 26.9 Å². The SMILES string of the molecule is CNC(CC1CC1)C1CCOC2(CCOC2)C1. The third kappa shape index (κ3) is 2.67. The van der Waals surface area contributed by atoms with Gasteiger partial charge in [-0.1, -0.05) is 12.8 Å². The molecule has 0 aromatic carbocycles. The largest absolute Gasteiger partial charge is 0.378 e. The highest BCUT2D eigenvalue weighted by Gasteiger charge is 2.43. The summed E-state index contributed by atoms with van der Waals surface area (Å²) in [5.74, 6) is 1.79. The van der Waals surface area contributed by atoms with Crippen molar-refractivity contribution in [2.45, 2.75) is 50.2 Å². The molecule has 2 saturated heterocycles. The molecule has 2 heterocycles. The van der Waals surface area contributed by atoms with Crippen LogP contribution in [0.25, 0.3) is 0 Å². The lowest BCUT2D eigenvalue weighted by Gasteiger charge is -2.40. The van der Waals surface area contributed by atoms with E-state index in [1.54, 1.807) is 0 Å². The minimum Gasteiger partial charge on any atom is -0.378 e. The molecule has 0 aromatic rings. The molecule has 0 amide bonds. The molecule has 3 nitrogen and oxygen atoms in total. The Bertz CT molecular complexity index is 259. The lowest BCUT2D eigenvalue weighted by atomic mass is 9.79. The molecule has 1 N–H and O–H groups in total. The molecular formula is C14H25NO2. The molecule has 3 aliphatic rings. The van der Waals surface area contributed by atoms with E-state index in [9.17, 15) is 0 Å². The van der Waals surface area contributed by atoms with E-state index in [4.69, 9.17) is 9.47 Å². The second-order valence-corrected chi connectivity index (χ2v) is 6.16. The Balaban J connectivity index is 1.60. The quantitative estimate of drug-likeness (QED) is 0.813. The van der Waals surface area contributed by atoms with Gasteiger partial charge in [-0.15, -0.1) is 0 Å². The summed E-state index contributed by atoms with van der Waals surface area (Å²) in [6.45, 7) is 2.64. The molecule has 1 spiro atoms. The number of nitrogens with one attached hydrogen (secondary N) is 1. The van der Waals surface area contributed by atoms with E-state index in [1.165, 1.54) is 32.1 Å². The molecule has 98 valence electrons. The van der Waals surface area contributed by atoms with Crippen molar-refractivity contribution >= 4 is 0 Å². The fourth-order valence-corrected chi connectivity index (χ4v) is 3.53. The van der Waals surface area contributed by atoms with Crippen LogP contribution in [0.1, 0.15) is 38.5 Å². The lowest BCUT2D eigenvalue weighted by Crippen LogP contribution is -2.46. The van der Waals surface area contributed by atoms with Crippen LogP contribution in [0.2, 0.25) is 0 Å². The third-order valence-electron chi connectivity index (χ3n) is 4.82. The molecule has 3 fully saturated rings. The molecule has 1 saturated carbocycles. The highest BCUT2D eigenvalue weighted by Crippen LogP contribution is 2.41. The van der Waals surface area contributed by atoms with Crippen molar-refractivity contribution < 1.29 is 9.47 Å². The van der Waals surface area contributed by atoms with Crippen LogP contribution in [0.4, 0.5) is 0 Å². The average Bonchev–Trinajstić information content (AvgIpc) is 3.07. The molecule has 2 aliphatic heterocycles. The first-order chi connectivity index (χ1) is 8.31. The van der Waals surface area contributed by atoms with Crippen LogP contribution in [0.15, 0.2) is 0 Å². The van der Waals surface area contributed by atoms with Gasteiger partial charge in [0.15, 0.2) is 0 Å². The summed E-state index contributed by atoms with van der Waals surface area (Å²) < 4.78 is 11.6. The Labute approximate surface area is 104 Å².